The number of rotatable bonds is 13. The molecule has 11 heteroatoms. The lowest BCUT2D eigenvalue weighted by Crippen LogP contribution is -2.42. The van der Waals surface area contributed by atoms with E-state index < -0.39 is 18.0 Å². The Hall–Kier alpha value is -4.80. The number of ether oxygens (including phenoxy) is 3. The molecule has 0 radical (unpaired) electrons. The zero-order valence-corrected chi connectivity index (χ0v) is 25.3. The maximum Gasteiger partial charge on any atom is 0.507 e. The third-order valence-electron chi connectivity index (χ3n) is 7.48. The van der Waals surface area contributed by atoms with E-state index in [9.17, 15) is 19.6 Å². The van der Waals surface area contributed by atoms with Crippen molar-refractivity contribution in [3.05, 3.63) is 88.8 Å². The van der Waals surface area contributed by atoms with Crippen LogP contribution in [0.25, 0.3) is 0 Å². The number of hydrogen-bond acceptors (Lipinski definition) is 8. The second-order valence-electron chi connectivity index (χ2n) is 10.8. The van der Waals surface area contributed by atoms with Gasteiger partial charge in [0, 0.05) is 31.3 Å². The second-order valence-corrected chi connectivity index (χ2v) is 10.8. The summed E-state index contributed by atoms with van der Waals surface area (Å²) in [4.78, 5) is 41.6. The molecule has 0 aliphatic carbocycles. The van der Waals surface area contributed by atoms with Crippen molar-refractivity contribution in [2.24, 2.45) is 5.92 Å². The SMILES string of the molecule is CCCCOC(=O)N(CCCOc1ccc2c(c1)CN(Cc1ccc(N)cc1)C(=O)[C@@H](CC(=O)OC)C2)c1cccc[n+]1[O-]. The largest absolute Gasteiger partial charge is 0.711 e. The minimum Gasteiger partial charge on any atom is -0.711 e. The number of aromatic nitrogens is 1. The first-order chi connectivity index (χ1) is 21.3. The summed E-state index contributed by atoms with van der Waals surface area (Å²) >= 11 is 0. The number of nitrogen functional groups attached to an aromatic ring is 1. The fourth-order valence-electron chi connectivity index (χ4n) is 5.08. The lowest BCUT2D eigenvalue weighted by atomic mass is 9.94. The zero-order valence-electron chi connectivity index (χ0n) is 25.3. The molecular weight excluding hydrogens is 564 g/mol. The minimum absolute atomic E-state index is 0.00653. The summed E-state index contributed by atoms with van der Waals surface area (Å²) < 4.78 is 16.9. The van der Waals surface area contributed by atoms with Crippen molar-refractivity contribution >= 4 is 29.5 Å². The van der Waals surface area contributed by atoms with Gasteiger partial charge in [0.25, 0.3) is 5.82 Å². The Morgan fingerprint density at radius 3 is 2.59 bits per heavy atom. The van der Waals surface area contributed by atoms with Crippen LogP contribution in [0.2, 0.25) is 0 Å². The summed E-state index contributed by atoms with van der Waals surface area (Å²) in [6.45, 7) is 3.50. The molecule has 2 N–H and O–H groups in total. The van der Waals surface area contributed by atoms with Crippen LogP contribution in [-0.2, 0) is 38.6 Å². The molecular formula is C33H40N4O7. The smallest absolute Gasteiger partial charge is 0.507 e. The van der Waals surface area contributed by atoms with Crippen molar-refractivity contribution in [3.8, 4) is 5.75 Å². The molecule has 1 aromatic heterocycles. The van der Waals surface area contributed by atoms with Gasteiger partial charge < -0.3 is 30.1 Å². The first-order valence-electron chi connectivity index (χ1n) is 14.9. The van der Waals surface area contributed by atoms with E-state index in [0.29, 0.717) is 42.1 Å². The van der Waals surface area contributed by atoms with Gasteiger partial charge in [0.15, 0.2) is 0 Å². The fourth-order valence-corrected chi connectivity index (χ4v) is 5.08. The van der Waals surface area contributed by atoms with Gasteiger partial charge in [-0.25, -0.2) is 4.73 Å². The molecule has 0 bridgehead atoms. The number of unbranched alkanes of at least 4 members (excludes halogenated alkanes) is 1. The van der Waals surface area contributed by atoms with Gasteiger partial charge in [-0.15, -0.1) is 0 Å². The minimum atomic E-state index is -0.577. The standard InChI is InChI=1S/C33H40N4O7/c1-3-4-17-44-33(40)36(30-8-5-6-16-37(30)41)15-7-18-43-29-14-11-25-19-26(21-31(38)42-2)32(39)35(23-27(25)20-29)22-24-9-12-28(34)13-10-24/h5-6,8-14,16,20,26H,3-4,7,15,17-19,21-23,34H2,1-2H3/t26-/m1/s1. The quantitative estimate of drug-likeness (QED) is 0.0998. The number of esters is 1. The maximum absolute atomic E-state index is 13.6. The van der Waals surface area contributed by atoms with Crippen LogP contribution in [-0.4, -0.2) is 49.7 Å². The Kier molecular flexibility index (Phi) is 11.4. The molecule has 0 saturated heterocycles. The predicted molar refractivity (Wildman–Crippen MR) is 164 cm³/mol. The zero-order chi connectivity index (χ0) is 31.5. The van der Waals surface area contributed by atoms with Gasteiger partial charge in [-0.2, -0.15) is 9.69 Å². The highest BCUT2D eigenvalue weighted by Crippen LogP contribution is 2.29. The van der Waals surface area contributed by atoms with Crippen LogP contribution < -0.4 is 20.1 Å². The third kappa shape index (κ3) is 8.62. The predicted octanol–water partition coefficient (Wildman–Crippen LogP) is 4.38. The average Bonchev–Trinajstić information content (AvgIpc) is 3.14. The number of anilines is 2. The Bertz CT molecular complexity index is 1430. The van der Waals surface area contributed by atoms with Crippen molar-refractivity contribution in [3.63, 3.8) is 0 Å². The van der Waals surface area contributed by atoms with Crippen LogP contribution >= 0.6 is 0 Å². The summed E-state index contributed by atoms with van der Waals surface area (Å²) in [5.74, 6) is -0.292. The van der Waals surface area contributed by atoms with Gasteiger partial charge in [0.1, 0.15) is 12.3 Å². The lowest BCUT2D eigenvalue weighted by Gasteiger charge is -2.24. The molecule has 3 aromatic rings. The number of benzene rings is 2. The number of carbonyl (C=O) groups is 3. The van der Waals surface area contributed by atoms with Gasteiger partial charge in [-0.05, 0) is 59.9 Å². The Morgan fingerprint density at radius 1 is 1.07 bits per heavy atom. The third-order valence-corrected chi connectivity index (χ3v) is 7.48. The average molecular weight is 605 g/mol. The molecule has 2 aromatic carbocycles. The lowest BCUT2D eigenvalue weighted by molar-refractivity contribution is -0.591. The number of nitrogens with two attached hydrogens (primary N) is 1. The van der Waals surface area contributed by atoms with E-state index in [-0.39, 0.29) is 37.9 Å². The summed E-state index contributed by atoms with van der Waals surface area (Å²) in [7, 11) is 1.32. The molecule has 0 spiro atoms. The van der Waals surface area contributed by atoms with Crippen LogP contribution in [0.5, 0.6) is 5.75 Å². The number of pyridine rings is 1. The van der Waals surface area contributed by atoms with Crippen molar-refractivity contribution in [2.75, 3.05) is 37.5 Å². The van der Waals surface area contributed by atoms with E-state index in [2.05, 4.69) is 0 Å². The Morgan fingerprint density at radius 2 is 1.86 bits per heavy atom. The maximum atomic E-state index is 13.6. The molecule has 11 nitrogen and oxygen atoms in total. The molecule has 2 heterocycles. The van der Waals surface area contributed by atoms with E-state index in [1.165, 1.54) is 18.2 Å². The number of carbonyl (C=O) groups excluding carboxylic acids is 3. The van der Waals surface area contributed by atoms with Crippen molar-refractivity contribution in [1.82, 2.24) is 4.90 Å². The molecule has 0 fully saturated rings. The van der Waals surface area contributed by atoms with E-state index in [1.807, 2.05) is 37.3 Å². The van der Waals surface area contributed by atoms with Crippen molar-refractivity contribution in [1.29, 1.82) is 0 Å². The summed E-state index contributed by atoms with van der Waals surface area (Å²) in [6.07, 6.45) is 3.22. The molecule has 44 heavy (non-hydrogen) atoms. The number of fused-ring (bicyclic) bond motifs is 1. The normalized spacial score (nSPS) is 14.4. The fraction of sp³-hybridized carbons (Fsp3) is 0.394. The van der Waals surface area contributed by atoms with Crippen LogP contribution in [0.15, 0.2) is 66.9 Å². The molecule has 0 unspecified atom stereocenters. The van der Waals surface area contributed by atoms with Crippen LogP contribution in [0, 0.1) is 11.1 Å². The van der Waals surface area contributed by atoms with Gasteiger partial charge >= 0.3 is 12.1 Å². The molecule has 234 valence electrons. The summed E-state index contributed by atoms with van der Waals surface area (Å²) in [6, 6.07) is 17.9. The topological polar surface area (TPSA) is 138 Å². The van der Waals surface area contributed by atoms with E-state index >= 15 is 0 Å². The number of nitrogens with zero attached hydrogens (tertiary/aromatic N) is 3. The monoisotopic (exact) mass is 604 g/mol. The highest BCUT2D eigenvalue weighted by molar-refractivity contribution is 5.86. The van der Waals surface area contributed by atoms with Gasteiger partial charge in [0.2, 0.25) is 5.91 Å². The van der Waals surface area contributed by atoms with E-state index in [4.69, 9.17) is 19.9 Å². The van der Waals surface area contributed by atoms with Crippen LogP contribution in [0.3, 0.4) is 0 Å². The number of methoxy groups -OCH3 is 1. The molecule has 4 rings (SSSR count). The highest BCUT2D eigenvalue weighted by Gasteiger charge is 2.32. The number of amides is 2. The van der Waals surface area contributed by atoms with E-state index in [0.717, 1.165) is 29.5 Å². The number of hydrogen-bond donors (Lipinski definition) is 1. The Balaban J connectivity index is 1.45. The van der Waals surface area contributed by atoms with Crippen molar-refractivity contribution in [2.45, 2.75) is 52.1 Å². The van der Waals surface area contributed by atoms with Gasteiger partial charge in [0.05, 0.1) is 38.9 Å². The van der Waals surface area contributed by atoms with Crippen LogP contribution in [0.4, 0.5) is 16.3 Å². The summed E-state index contributed by atoms with van der Waals surface area (Å²) in [5.41, 5.74) is 9.29. The van der Waals surface area contributed by atoms with Gasteiger partial charge in [-0.1, -0.05) is 37.6 Å². The highest BCUT2D eigenvalue weighted by atomic mass is 16.6. The first-order valence-corrected chi connectivity index (χ1v) is 14.9. The van der Waals surface area contributed by atoms with Gasteiger partial charge in [-0.3, -0.25) is 9.59 Å². The molecule has 1 aliphatic rings. The van der Waals surface area contributed by atoms with E-state index in [1.54, 1.807) is 35.2 Å². The molecule has 0 saturated carbocycles. The summed E-state index contributed by atoms with van der Waals surface area (Å²) in [5, 5.41) is 12.4. The van der Waals surface area contributed by atoms with Crippen molar-refractivity contribution < 1.29 is 33.3 Å². The molecule has 1 atom stereocenters. The molecule has 1 aliphatic heterocycles. The second kappa shape index (κ2) is 15.6. The Labute approximate surface area is 257 Å². The van der Waals surface area contributed by atoms with Crippen LogP contribution in [0.1, 0.15) is 49.3 Å². The molecule has 2 amide bonds. The first kappa shape index (κ1) is 32.1.